The molecule has 156 valence electrons. The molecule has 3 heterocycles. The lowest BCUT2D eigenvalue weighted by molar-refractivity contribution is 0.0497. The van der Waals surface area contributed by atoms with Gasteiger partial charge in [0.2, 0.25) is 0 Å². The van der Waals surface area contributed by atoms with Crippen LogP contribution in [0, 0.1) is 5.92 Å². The Morgan fingerprint density at radius 1 is 1.29 bits per heavy atom. The number of tetrazole rings is 1. The molecule has 0 aliphatic carbocycles. The smallest absolute Gasteiger partial charge is 0.289 e. The fourth-order valence-electron chi connectivity index (χ4n) is 3.44. The number of amides is 1. The van der Waals surface area contributed by atoms with E-state index >= 15 is 0 Å². The molecule has 0 saturated carbocycles. The molecule has 10 heteroatoms. The normalized spacial score (nSPS) is 16.2. The highest BCUT2D eigenvalue weighted by Gasteiger charge is 2.31. The van der Waals surface area contributed by atoms with E-state index in [1.807, 2.05) is 9.58 Å². The second kappa shape index (κ2) is 10.5. The number of halogens is 1. The first kappa shape index (κ1) is 22.3. The molecule has 1 atom stereocenters. The van der Waals surface area contributed by atoms with E-state index in [1.165, 1.54) is 6.26 Å². The minimum atomic E-state index is -0.0509. The van der Waals surface area contributed by atoms with Crippen LogP contribution in [0.4, 0.5) is 0 Å². The number of nitrogens with zero attached hydrogens (tertiary/aromatic N) is 6. The summed E-state index contributed by atoms with van der Waals surface area (Å²) >= 11 is 0. The summed E-state index contributed by atoms with van der Waals surface area (Å²) in [5.41, 5.74) is 0. The molecule has 28 heavy (non-hydrogen) atoms. The molecule has 1 saturated heterocycles. The van der Waals surface area contributed by atoms with Gasteiger partial charge in [0.1, 0.15) is 0 Å². The number of hydrogen-bond donors (Lipinski definition) is 0. The molecule has 1 amide bonds. The molecular formula is C18H29ClN6O3. The van der Waals surface area contributed by atoms with Crippen molar-refractivity contribution in [2.75, 3.05) is 39.9 Å². The van der Waals surface area contributed by atoms with Gasteiger partial charge in [0.05, 0.1) is 25.5 Å². The molecule has 0 spiro atoms. The van der Waals surface area contributed by atoms with Crippen LogP contribution in [0.2, 0.25) is 0 Å². The summed E-state index contributed by atoms with van der Waals surface area (Å²) in [4.78, 5) is 16.7. The number of carbonyl (C=O) groups excluding carboxylic acids is 1. The summed E-state index contributed by atoms with van der Waals surface area (Å²) in [6.45, 7) is 8.48. The fourth-order valence-corrected chi connectivity index (χ4v) is 3.44. The van der Waals surface area contributed by atoms with Gasteiger partial charge in [0.25, 0.3) is 5.91 Å². The highest BCUT2D eigenvalue weighted by Crippen LogP contribution is 2.27. The third-order valence-electron chi connectivity index (χ3n) is 4.83. The van der Waals surface area contributed by atoms with Gasteiger partial charge in [0.15, 0.2) is 11.6 Å². The van der Waals surface area contributed by atoms with E-state index < -0.39 is 0 Å². The summed E-state index contributed by atoms with van der Waals surface area (Å²) in [6.07, 6.45) is 2.49. The summed E-state index contributed by atoms with van der Waals surface area (Å²) in [5.74, 6) is 1.72. The number of rotatable bonds is 8. The quantitative estimate of drug-likeness (QED) is 0.653. The Bertz CT molecular complexity index is 713. The van der Waals surface area contributed by atoms with Gasteiger partial charge in [-0.2, -0.15) is 0 Å². The van der Waals surface area contributed by atoms with Crippen molar-refractivity contribution in [3.8, 4) is 0 Å². The van der Waals surface area contributed by atoms with Crippen molar-refractivity contribution in [2.45, 2.75) is 32.9 Å². The zero-order chi connectivity index (χ0) is 19.2. The largest absolute Gasteiger partial charge is 0.459 e. The monoisotopic (exact) mass is 412 g/mol. The molecule has 9 nitrogen and oxygen atoms in total. The average molecular weight is 413 g/mol. The van der Waals surface area contributed by atoms with Gasteiger partial charge in [-0.15, -0.1) is 17.5 Å². The Morgan fingerprint density at radius 2 is 2.04 bits per heavy atom. The maximum atomic E-state index is 12.5. The first-order chi connectivity index (χ1) is 13.1. The number of methoxy groups -OCH3 is 1. The average Bonchev–Trinajstić information content (AvgIpc) is 3.35. The first-order valence-corrected chi connectivity index (χ1v) is 9.42. The third-order valence-corrected chi connectivity index (χ3v) is 4.83. The minimum Gasteiger partial charge on any atom is -0.459 e. The van der Waals surface area contributed by atoms with Gasteiger partial charge in [-0.25, -0.2) is 4.68 Å². The van der Waals surface area contributed by atoms with Crippen LogP contribution in [-0.4, -0.2) is 75.8 Å². The number of piperazine rings is 1. The van der Waals surface area contributed by atoms with Crippen LogP contribution in [0.15, 0.2) is 22.8 Å². The molecular weight excluding hydrogens is 384 g/mol. The minimum absolute atomic E-state index is 0. The van der Waals surface area contributed by atoms with Crippen molar-refractivity contribution in [3.63, 3.8) is 0 Å². The van der Waals surface area contributed by atoms with E-state index in [1.54, 1.807) is 19.2 Å². The molecule has 1 unspecified atom stereocenters. The van der Waals surface area contributed by atoms with Crippen molar-refractivity contribution in [3.05, 3.63) is 30.0 Å². The molecule has 3 rings (SSSR count). The van der Waals surface area contributed by atoms with Gasteiger partial charge in [-0.3, -0.25) is 9.69 Å². The summed E-state index contributed by atoms with van der Waals surface area (Å²) in [5, 5.41) is 12.3. The Labute approximate surface area is 171 Å². The van der Waals surface area contributed by atoms with Crippen LogP contribution >= 0.6 is 12.4 Å². The standard InChI is InChI=1S/C18H28N6O3.ClH/c1-14(2)13-15(17-19-20-21-24(17)10-12-26-3)22-6-8-23(9-7-22)18(25)16-5-4-11-27-16;/h4-5,11,14-15H,6-10,12-13H2,1-3H3;1H. The zero-order valence-corrected chi connectivity index (χ0v) is 17.5. The lowest BCUT2D eigenvalue weighted by Gasteiger charge is -2.39. The second-order valence-electron chi connectivity index (χ2n) is 7.20. The van der Waals surface area contributed by atoms with E-state index in [4.69, 9.17) is 9.15 Å². The van der Waals surface area contributed by atoms with Gasteiger partial charge >= 0.3 is 0 Å². The highest BCUT2D eigenvalue weighted by molar-refractivity contribution is 5.91. The zero-order valence-electron chi connectivity index (χ0n) is 16.7. The third kappa shape index (κ3) is 5.30. The van der Waals surface area contributed by atoms with Crippen LogP contribution in [0.5, 0.6) is 0 Å². The lowest BCUT2D eigenvalue weighted by atomic mass is 10.0. The highest BCUT2D eigenvalue weighted by atomic mass is 35.5. The molecule has 1 fully saturated rings. The number of furan rings is 1. The molecule has 1 aliphatic rings. The SMILES string of the molecule is COCCn1nnnc1C(CC(C)C)N1CCN(C(=O)c2ccco2)CC1.Cl. The van der Waals surface area contributed by atoms with E-state index in [-0.39, 0.29) is 24.4 Å². The number of carbonyl (C=O) groups is 1. The lowest BCUT2D eigenvalue weighted by Crippen LogP contribution is -2.50. The van der Waals surface area contributed by atoms with Crippen molar-refractivity contribution in [2.24, 2.45) is 5.92 Å². The molecule has 2 aromatic rings. The van der Waals surface area contributed by atoms with Gasteiger partial charge in [0, 0.05) is 33.3 Å². The Balaban J connectivity index is 0.00000280. The number of aromatic nitrogens is 4. The predicted octanol–water partition coefficient (Wildman–Crippen LogP) is 1.88. The molecule has 0 radical (unpaired) electrons. The van der Waals surface area contributed by atoms with E-state index in [0.29, 0.717) is 37.9 Å². The van der Waals surface area contributed by atoms with Crippen LogP contribution < -0.4 is 0 Å². The van der Waals surface area contributed by atoms with Gasteiger partial charge in [-0.1, -0.05) is 13.8 Å². The molecule has 0 N–H and O–H groups in total. The maximum absolute atomic E-state index is 12.5. The predicted molar refractivity (Wildman–Crippen MR) is 105 cm³/mol. The molecule has 2 aromatic heterocycles. The van der Waals surface area contributed by atoms with E-state index in [2.05, 4.69) is 34.3 Å². The Morgan fingerprint density at radius 3 is 2.64 bits per heavy atom. The molecule has 0 aromatic carbocycles. The maximum Gasteiger partial charge on any atom is 0.289 e. The van der Waals surface area contributed by atoms with Crippen LogP contribution in [0.3, 0.4) is 0 Å². The van der Waals surface area contributed by atoms with E-state index in [0.717, 1.165) is 25.3 Å². The number of hydrogen-bond acceptors (Lipinski definition) is 7. The first-order valence-electron chi connectivity index (χ1n) is 9.42. The van der Waals surface area contributed by atoms with Gasteiger partial charge in [-0.05, 0) is 34.9 Å². The van der Waals surface area contributed by atoms with Crippen LogP contribution in [-0.2, 0) is 11.3 Å². The van der Waals surface area contributed by atoms with Crippen molar-refractivity contribution >= 4 is 18.3 Å². The van der Waals surface area contributed by atoms with Crippen molar-refractivity contribution < 1.29 is 13.9 Å². The van der Waals surface area contributed by atoms with Crippen molar-refractivity contribution in [1.29, 1.82) is 0 Å². The summed E-state index contributed by atoms with van der Waals surface area (Å²) < 4.78 is 12.2. The topological polar surface area (TPSA) is 89.5 Å². The van der Waals surface area contributed by atoms with Crippen LogP contribution in [0.25, 0.3) is 0 Å². The Hall–Kier alpha value is -1.97. The summed E-state index contributed by atoms with van der Waals surface area (Å²) in [7, 11) is 1.67. The van der Waals surface area contributed by atoms with Crippen molar-refractivity contribution in [1.82, 2.24) is 30.0 Å². The summed E-state index contributed by atoms with van der Waals surface area (Å²) in [6, 6.07) is 3.57. The molecule has 0 bridgehead atoms. The fraction of sp³-hybridized carbons (Fsp3) is 0.667. The molecule has 1 aliphatic heterocycles. The number of ether oxygens (including phenoxy) is 1. The van der Waals surface area contributed by atoms with Crippen LogP contribution in [0.1, 0.15) is 42.7 Å². The van der Waals surface area contributed by atoms with Gasteiger partial charge < -0.3 is 14.1 Å². The Kier molecular flexibility index (Phi) is 8.40. The van der Waals surface area contributed by atoms with E-state index in [9.17, 15) is 4.79 Å². The second-order valence-corrected chi connectivity index (χ2v) is 7.20.